The van der Waals surface area contributed by atoms with Gasteiger partial charge in [-0.15, -0.1) is 0 Å². The minimum Gasteiger partial charge on any atom is -0.466 e. The zero-order chi connectivity index (χ0) is 24.1. The van der Waals surface area contributed by atoms with Gasteiger partial charge in [0.1, 0.15) is 0 Å². The van der Waals surface area contributed by atoms with Crippen molar-refractivity contribution in [3.8, 4) is 16.9 Å². The number of hydrogen-bond acceptors (Lipinski definition) is 5. The van der Waals surface area contributed by atoms with Crippen molar-refractivity contribution < 1.29 is 17.9 Å². The molecule has 0 N–H and O–H groups in total. The zero-order valence-corrected chi connectivity index (χ0v) is 20.3. The number of benzene rings is 2. The molecule has 1 atom stereocenters. The van der Waals surface area contributed by atoms with Crippen LogP contribution in [0.1, 0.15) is 25.3 Å². The van der Waals surface area contributed by atoms with Gasteiger partial charge in [0.15, 0.2) is 0 Å². The van der Waals surface area contributed by atoms with Gasteiger partial charge in [0.25, 0.3) is 10.2 Å². The number of hydrogen-bond donors (Lipinski definition) is 0. The predicted molar refractivity (Wildman–Crippen MR) is 130 cm³/mol. The lowest BCUT2D eigenvalue weighted by molar-refractivity contribution is -0.149. The molecule has 0 bridgehead atoms. The van der Waals surface area contributed by atoms with Gasteiger partial charge in [-0.2, -0.15) is 22.1 Å². The van der Waals surface area contributed by atoms with Crippen LogP contribution in [0.4, 0.5) is 0 Å². The summed E-state index contributed by atoms with van der Waals surface area (Å²) < 4.78 is 36.4. The Morgan fingerprint density at radius 2 is 1.79 bits per heavy atom. The summed E-state index contributed by atoms with van der Waals surface area (Å²) in [5, 5.41) is 4.77. The Morgan fingerprint density at radius 3 is 2.47 bits per heavy atom. The van der Waals surface area contributed by atoms with E-state index in [1.165, 1.54) is 8.61 Å². The summed E-state index contributed by atoms with van der Waals surface area (Å²) in [5.41, 5.74) is 3.33. The topological polar surface area (TPSA) is 84.7 Å². The third-order valence-corrected chi connectivity index (χ3v) is 7.88. The first-order valence-electron chi connectivity index (χ1n) is 11.5. The summed E-state index contributed by atoms with van der Waals surface area (Å²) >= 11 is 0. The number of carbonyl (C=O) groups excluding carboxylic acids is 1. The highest BCUT2D eigenvalue weighted by atomic mass is 32.2. The fraction of sp³-hybridized carbons (Fsp3) is 0.360. The third-order valence-electron chi connectivity index (χ3n) is 5.98. The molecule has 4 rings (SSSR count). The molecule has 0 spiro atoms. The fourth-order valence-corrected chi connectivity index (χ4v) is 5.63. The Bertz CT molecular complexity index is 1210. The molecule has 1 aliphatic heterocycles. The minimum atomic E-state index is -3.77. The van der Waals surface area contributed by atoms with E-state index in [1.807, 2.05) is 66.9 Å². The van der Waals surface area contributed by atoms with E-state index in [1.54, 1.807) is 18.7 Å². The highest BCUT2D eigenvalue weighted by molar-refractivity contribution is 7.86. The Morgan fingerprint density at radius 1 is 1.12 bits per heavy atom. The Kier molecular flexibility index (Phi) is 7.45. The summed E-state index contributed by atoms with van der Waals surface area (Å²) in [4.78, 5) is 12.2. The molecule has 8 nitrogen and oxygen atoms in total. The monoisotopic (exact) mass is 482 g/mol. The van der Waals surface area contributed by atoms with Gasteiger partial charge < -0.3 is 4.74 Å². The lowest BCUT2D eigenvalue weighted by Crippen LogP contribution is -2.48. The number of carbonyl (C=O) groups is 1. The van der Waals surface area contributed by atoms with Crippen molar-refractivity contribution in [2.75, 3.05) is 26.7 Å². The maximum Gasteiger partial charge on any atom is 0.310 e. The summed E-state index contributed by atoms with van der Waals surface area (Å²) in [6.07, 6.45) is 3.13. The van der Waals surface area contributed by atoms with Gasteiger partial charge >= 0.3 is 5.97 Å². The second-order valence-corrected chi connectivity index (χ2v) is 10.4. The summed E-state index contributed by atoms with van der Waals surface area (Å²) in [7, 11) is -2.21. The van der Waals surface area contributed by atoms with Crippen molar-refractivity contribution in [2.45, 2.75) is 26.3 Å². The number of para-hydroxylation sites is 1. The molecule has 34 heavy (non-hydrogen) atoms. The Balaban J connectivity index is 1.60. The molecule has 0 amide bonds. The van der Waals surface area contributed by atoms with Crippen molar-refractivity contribution in [1.82, 2.24) is 18.4 Å². The molecule has 2 heterocycles. The van der Waals surface area contributed by atoms with E-state index in [0.29, 0.717) is 19.4 Å². The van der Waals surface area contributed by atoms with Gasteiger partial charge in [-0.1, -0.05) is 48.5 Å². The molecule has 1 fully saturated rings. The summed E-state index contributed by atoms with van der Waals surface area (Å²) in [6, 6.07) is 19.4. The molecule has 1 aliphatic rings. The van der Waals surface area contributed by atoms with Gasteiger partial charge in [-0.05, 0) is 31.9 Å². The molecule has 180 valence electrons. The lowest BCUT2D eigenvalue weighted by atomic mass is 10.0. The quantitative estimate of drug-likeness (QED) is 0.459. The predicted octanol–water partition coefficient (Wildman–Crippen LogP) is 3.49. The SMILES string of the molecule is CCOC(=O)[C@@H]1CCCN(S(=O)(=O)N(C)Cc2cn(-c3ccccc3)nc2-c2ccccc2)C1. The molecule has 9 heteroatoms. The number of rotatable bonds is 8. The third kappa shape index (κ3) is 5.22. The van der Waals surface area contributed by atoms with Crippen molar-refractivity contribution in [3.63, 3.8) is 0 Å². The first-order valence-corrected chi connectivity index (χ1v) is 12.9. The van der Waals surface area contributed by atoms with Crippen LogP contribution in [0.5, 0.6) is 0 Å². The molecule has 0 unspecified atom stereocenters. The molecule has 0 aliphatic carbocycles. The van der Waals surface area contributed by atoms with E-state index in [9.17, 15) is 13.2 Å². The smallest absolute Gasteiger partial charge is 0.310 e. The van der Waals surface area contributed by atoms with E-state index in [0.717, 1.165) is 22.5 Å². The average Bonchev–Trinajstić information content (AvgIpc) is 3.29. The average molecular weight is 483 g/mol. The molecule has 1 aromatic heterocycles. The molecule has 3 aromatic rings. The maximum atomic E-state index is 13.4. The van der Waals surface area contributed by atoms with Crippen LogP contribution in [0.2, 0.25) is 0 Å². The molecule has 0 radical (unpaired) electrons. The van der Waals surface area contributed by atoms with Crippen LogP contribution < -0.4 is 0 Å². The highest BCUT2D eigenvalue weighted by Crippen LogP contribution is 2.27. The van der Waals surface area contributed by atoms with Crippen LogP contribution in [0.25, 0.3) is 16.9 Å². The Hall–Kier alpha value is -3.01. The van der Waals surface area contributed by atoms with Crippen LogP contribution in [0, 0.1) is 5.92 Å². The van der Waals surface area contributed by atoms with Crippen molar-refractivity contribution in [3.05, 3.63) is 72.4 Å². The van der Waals surface area contributed by atoms with Gasteiger partial charge in [0.2, 0.25) is 0 Å². The molecular weight excluding hydrogens is 452 g/mol. The van der Waals surface area contributed by atoms with Crippen molar-refractivity contribution in [2.24, 2.45) is 5.92 Å². The minimum absolute atomic E-state index is 0.139. The maximum absolute atomic E-state index is 13.4. The molecular formula is C25H30N4O4S. The van der Waals surface area contributed by atoms with Crippen LogP contribution >= 0.6 is 0 Å². The first-order chi connectivity index (χ1) is 16.4. The molecule has 0 saturated carbocycles. The standard InChI is InChI=1S/C25H30N4O4S/c1-3-33-25(30)21-13-10-16-28(18-21)34(31,32)27(2)17-22-19-29(23-14-8-5-9-15-23)26-24(22)20-11-6-4-7-12-20/h4-9,11-12,14-15,19,21H,3,10,13,16-18H2,1-2H3/t21-/m1/s1. The van der Waals surface area contributed by atoms with Crippen molar-refractivity contribution >= 4 is 16.2 Å². The largest absolute Gasteiger partial charge is 0.466 e. The van der Waals surface area contributed by atoms with Crippen LogP contribution in [0.3, 0.4) is 0 Å². The fourth-order valence-electron chi connectivity index (χ4n) is 4.20. The molecule has 1 saturated heterocycles. The van der Waals surface area contributed by atoms with Crippen LogP contribution in [0.15, 0.2) is 66.9 Å². The van der Waals surface area contributed by atoms with E-state index < -0.39 is 16.1 Å². The van der Waals surface area contributed by atoms with E-state index in [4.69, 9.17) is 9.84 Å². The van der Waals surface area contributed by atoms with E-state index in [2.05, 4.69) is 0 Å². The second kappa shape index (κ2) is 10.5. The van der Waals surface area contributed by atoms with E-state index in [-0.39, 0.29) is 25.7 Å². The number of ether oxygens (including phenoxy) is 1. The van der Waals surface area contributed by atoms with Crippen molar-refractivity contribution in [1.29, 1.82) is 0 Å². The number of esters is 1. The second-order valence-electron chi connectivity index (χ2n) is 8.36. The van der Waals surface area contributed by atoms with Gasteiger partial charge in [-0.3, -0.25) is 4.79 Å². The van der Waals surface area contributed by atoms with Crippen LogP contribution in [-0.4, -0.2) is 59.5 Å². The van der Waals surface area contributed by atoms with Gasteiger partial charge in [-0.25, -0.2) is 4.68 Å². The highest BCUT2D eigenvalue weighted by Gasteiger charge is 2.35. The van der Waals surface area contributed by atoms with Gasteiger partial charge in [0.05, 0.1) is 23.9 Å². The first kappa shape index (κ1) is 24.1. The number of nitrogens with zero attached hydrogens (tertiary/aromatic N) is 4. The summed E-state index contributed by atoms with van der Waals surface area (Å²) in [5.74, 6) is -0.766. The number of aromatic nitrogens is 2. The van der Waals surface area contributed by atoms with Gasteiger partial charge in [0, 0.05) is 44.0 Å². The van der Waals surface area contributed by atoms with Crippen LogP contribution in [-0.2, 0) is 26.3 Å². The summed E-state index contributed by atoms with van der Waals surface area (Å²) in [6.45, 7) is 2.72. The Labute approximate surface area is 200 Å². The molecule has 2 aromatic carbocycles. The number of piperidine rings is 1. The zero-order valence-electron chi connectivity index (χ0n) is 19.5. The lowest BCUT2D eigenvalue weighted by Gasteiger charge is -2.33. The van der Waals surface area contributed by atoms with E-state index >= 15 is 0 Å². The normalized spacial score (nSPS) is 17.1.